The topological polar surface area (TPSA) is 64.3 Å². The van der Waals surface area contributed by atoms with Crippen LogP contribution in [0.4, 0.5) is 0 Å². The molecule has 0 radical (unpaired) electrons. The van der Waals surface area contributed by atoms with Crippen molar-refractivity contribution in [2.75, 3.05) is 13.7 Å². The number of nitrogens with two attached hydrogens (primary N) is 1. The van der Waals surface area contributed by atoms with Crippen LogP contribution < -0.4 is 11.1 Å². The van der Waals surface area contributed by atoms with Gasteiger partial charge in [0.25, 0.3) is 5.91 Å². The van der Waals surface area contributed by atoms with Crippen molar-refractivity contribution >= 4 is 5.91 Å². The Morgan fingerprint density at radius 2 is 1.89 bits per heavy atom. The maximum absolute atomic E-state index is 12.4. The Morgan fingerprint density at radius 1 is 1.32 bits per heavy atom. The van der Waals surface area contributed by atoms with Crippen LogP contribution in [0.25, 0.3) is 0 Å². The number of hydrogen-bond acceptors (Lipinski definition) is 3. The second-order valence-corrected chi connectivity index (χ2v) is 5.14. The molecule has 0 heterocycles. The summed E-state index contributed by atoms with van der Waals surface area (Å²) in [4.78, 5) is 12.4. The van der Waals surface area contributed by atoms with Gasteiger partial charge in [-0.05, 0) is 25.8 Å². The third-order valence-corrected chi connectivity index (χ3v) is 3.81. The van der Waals surface area contributed by atoms with Gasteiger partial charge >= 0.3 is 0 Å². The number of carbonyl (C=O) groups is 1. The summed E-state index contributed by atoms with van der Waals surface area (Å²) in [5.41, 5.74) is 5.43. The minimum absolute atomic E-state index is 0.144. The summed E-state index contributed by atoms with van der Waals surface area (Å²) >= 11 is 0. The molecule has 1 aromatic carbocycles. The van der Waals surface area contributed by atoms with E-state index in [2.05, 4.69) is 5.32 Å². The first-order valence-electron chi connectivity index (χ1n) is 6.55. The molecule has 0 saturated carbocycles. The first-order valence-corrected chi connectivity index (χ1v) is 6.55. The largest absolute Gasteiger partial charge is 0.369 e. The van der Waals surface area contributed by atoms with Crippen molar-refractivity contribution in [1.82, 2.24) is 5.32 Å². The molecule has 0 aliphatic rings. The predicted octanol–water partition coefficient (Wildman–Crippen LogP) is 1.79. The lowest BCUT2D eigenvalue weighted by atomic mass is 9.90. The van der Waals surface area contributed by atoms with Crippen LogP contribution in [0, 0.1) is 0 Å². The summed E-state index contributed by atoms with van der Waals surface area (Å²) in [6.07, 6.45) is 0.602. The highest BCUT2D eigenvalue weighted by molar-refractivity contribution is 5.85. The highest BCUT2D eigenvalue weighted by Crippen LogP contribution is 2.22. The molecule has 1 aromatic rings. The van der Waals surface area contributed by atoms with E-state index in [1.807, 2.05) is 44.2 Å². The van der Waals surface area contributed by atoms with Crippen LogP contribution in [0.15, 0.2) is 30.3 Å². The number of hydrogen-bond donors (Lipinski definition) is 2. The second-order valence-electron chi connectivity index (χ2n) is 5.14. The van der Waals surface area contributed by atoms with Crippen molar-refractivity contribution in [3.63, 3.8) is 0 Å². The van der Waals surface area contributed by atoms with Gasteiger partial charge < -0.3 is 15.8 Å². The molecule has 0 aromatic heterocycles. The average molecular weight is 264 g/mol. The average Bonchev–Trinajstić information content (AvgIpc) is 2.47. The third kappa shape index (κ3) is 3.33. The van der Waals surface area contributed by atoms with Crippen molar-refractivity contribution in [1.29, 1.82) is 0 Å². The Morgan fingerprint density at radius 3 is 2.32 bits per heavy atom. The highest BCUT2D eigenvalue weighted by Gasteiger charge is 2.36. The van der Waals surface area contributed by atoms with Crippen molar-refractivity contribution in [2.45, 2.75) is 38.3 Å². The van der Waals surface area contributed by atoms with Crippen LogP contribution in [0.2, 0.25) is 0 Å². The molecule has 4 heteroatoms. The maximum atomic E-state index is 12.4. The summed E-state index contributed by atoms with van der Waals surface area (Å²) < 4.78 is 5.32. The Balaban J connectivity index is 2.97. The van der Waals surface area contributed by atoms with E-state index in [1.165, 1.54) is 0 Å². The molecule has 0 fully saturated rings. The molecule has 0 spiro atoms. The van der Waals surface area contributed by atoms with Crippen LogP contribution in [-0.4, -0.2) is 25.2 Å². The maximum Gasteiger partial charge on any atom is 0.252 e. The molecular weight excluding hydrogens is 240 g/mol. The summed E-state index contributed by atoms with van der Waals surface area (Å²) in [5.74, 6) is -0.144. The molecule has 4 nitrogen and oxygen atoms in total. The second kappa shape index (κ2) is 6.17. The van der Waals surface area contributed by atoms with Crippen LogP contribution in [0.1, 0.15) is 32.8 Å². The molecule has 106 valence electrons. The van der Waals surface area contributed by atoms with Crippen molar-refractivity contribution < 1.29 is 9.53 Å². The summed E-state index contributed by atoms with van der Waals surface area (Å²) in [7, 11) is 1.55. The number of nitrogens with one attached hydrogen (secondary N) is 1. The van der Waals surface area contributed by atoms with E-state index in [1.54, 1.807) is 14.0 Å². The summed E-state index contributed by atoms with van der Waals surface area (Å²) in [6.45, 7) is 5.95. The molecule has 0 saturated heterocycles. The minimum atomic E-state index is -0.828. The molecule has 0 aliphatic heterocycles. The fourth-order valence-electron chi connectivity index (χ4n) is 1.83. The van der Waals surface area contributed by atoms with E-state index in [-0.39, 0.29) is 5.91 Å². The number of amides is 1. The van der Waals surface area contributed by atoms with Gasteiger partial charge in [-0.25, -0.2) is 0 Å². The van der Waals surface area contributed by atoms with E-state index < -0.39 is 11.1 Å². The van der Waals surface area contributed by atoms with E-state index in [4.69, 9.17) is 10.5 Å². The van der Waals surface area contributed by atoms with Crippen LogP contribution in [-0.2, 0) is 15.1 Å². The Kier molecular flexibility index (Phi) is 5.09. The molecule has 19 heavy (non-hydrogen) atoms. The zero-order valence-corrected chi connectivity index (χ0v) is 12.2. The molecule has 0 aliphatic carbocycles. The van der Waals surface area contributed by atoms with E-state index in [9.17, 15) is 4.79 Å². The third-order valence-electron chi connectivity index (χ3n) is 3.81. The zero-order chi connectivity index (χ0) is 14.5. The normalized spacial score (nSPS) is 17.3. The van der Waals surface area contributed by atoms with E-state index in [0.717, 1.165) is 5.56 Å². The van der Waals surface area contributed by atoms with Gasteiger partial charge in [-0.1, -0.05) is 37.3 Å². The Hall–Kier alpha value is -1.39. The first-order chi connectivity index (χ1) is 8.91. The van der Waals surface area contributed by atoms with Crippen LogP contribution in [0.5, 0.6) is 0 Å². The van der Waals surface area contributed by atoms with Crippen LogP contribution in [0.3, 0.4) is 0 Å². The monoisotopic (exact) mass is 264 g/mol. The van der Waals surface area contributed by atoms with Gasteiger partial charge in [0.05, 0.1) is 5.54 Å². The number of rotatable bonds is 6. The lowest BCUT2D eigenvalue weighted by Gasteiger charge is -2.35. The first kappa shape index (κ1) is 15.7. The SMILES string of the molecule is CCC(C)(OC)C(=O)NC(C)(CN)c1ccccc1. The van der Waals surface area contributed by atoms with Gasteiger partial charge in [-0.2, -0.15) is 0 Å². The van der Waals surface area contributed by atoms with E-state index in [0.29, 0.717) is 13.0 Å². The Bertz CT molecular complexity index is 415. The lowest BCUT2D eigenvalue weighted by molar-refractivity contribution is -0.143. The van der Waals surface area contributed by atoms with Gasteiger partial charge in [0.15, 0.2) is 0 Å². The minimum Gasteiger partial charge on any atom is -0.369 e. The molecule has 2 unspecified atom stereocenters. The standard InChI is InChI=1S/C15H24N2O2/c1-5-15(3,19-4)13(18)17-14(2,11-16)12-9-7-6-8-10-12/h6-10H,5,11,16H2,1-4H3,(H,17,18). The summed E-state index contributed by atoms with van der Waals surface area (Å²) in [6, 6.07) is 9.73. The molecule has 2 atom stereocenters. The van der Waals surface area contributed by atoms with Crippen molar-refractivity contribution in [3.8, 4) is 0 Å². The number of carbonyl (C=O) groups excluding carboxylic acids is 1. The Labute approximate surface area is 115 Å². The zero-order valence-electron chi connectivity index (χ0n) is 12.2. The molecular formula is C15H24N2O2. The van der Waals surface area contributed by atoms with Gasteiger partial charge in [-0.3, -0.25) is 4.79 Å². The predicted molar refractivity (Wildman–Crippen MR) is 76.7 cm³/mol. The van der Waals surface area contributed by atoms with Gasteiger partial charge in [-0.15, -0.1) is 0 Å². The number of methoxy groups -OCH3 is 1. The fraction of sp³-hybridized carbons (Fsp3) is 0.533. The quantitative estimate of drug-likeness (QED) is 0.823. The van der Waals surface area contributed by atoms with Crippen LogP contribution >= 0.6 is 0 Å². The van der Waals surface area contributed by atoms with Gasteiger partial charge in [0, 0.05) is 13.7 Å². The fourth-order valence-corrected chi connectivity index (χ4v) is 1.83. The number of ether oxygens (including phenoxy) is 1. The highest BCUT2D eigenvalue weighted by atomic mass is 16.5. The lowest BCUT2D eigenvalue weighted by Crippen LogP contribution is -2.56. The molecule has 1 amide bonds. The van der Waals surface area contributed by atoms with Gasteiger partial charge in [0.1, 0.15) is 5.60 Å². The van der Waals surface area contributed by atoms with Gasteiger partial charge in [0.2, 0.25) is 0 Å². The smallest absolute Gasteiger partial charge is 0.252 e. The molecule has 1 rings (SSSR count). The molecule has 0 bridgehead atoms. The number of benzene rings is 1. The summed E-state index contributed by atoms with van der Waals surface area (Å²) in [5, 5.41) is 3.01. The molecule has 3 N–H and O–H groups in total. The van der Waals surface area contributed by atoms with Crippen molar-refractivity contribution in [2.24, 2.45) is 5.73 Å². The van der Waals surface area contributed by atoms with Crippen molar-refractivity contribution in [3.05, 3.63) is 35.9 Å². The van der Waals surface area contributed by atoms with E-state index >= 15 is 0 Å².